The Hall–Kier alpha value is -0.650. The molecule has 1 rings (SSSR count). The summed E-state index contributed by atoms with van der Waals surface area (Å²) in [5.74, 6) is -0.459. The molecular weight excluding hydrogens is 200 g/mol. The third kappa shape index (κ3) is 7.30. The highest BCUT2D eigenvalue weighted by Gasteiger charge is 2.32. The van der Waals surface area contributed by atoms with Crippen LogP contribution in [0, 0.1) is 0 Å². The van der Waals surface area contributed by atoms with E-state index in [1.165, 1.54) is 7.11 Å². The molecule has 0 aromatic heterocycles. The van der Waals surface area contributed by atoms with Crippen molar-refractivity contribution in [3.8, 4) is 0 Å². The zero-order chi connectivity index (χ0) is 11.9. The van der Waals surface area contributed by atoms with Gasteiger partial charge in [0.1, 0.15) is 0 Å². The van der Waals surface area contributed by atoms with Crippen LogP contribution in [-0.4, -0.2) is 43.3 Å². The summed E-state index contributed by atoms with van der Waals surface area (Å²) in [4.78, 5) is 8.95. The van der Waals surface area contributed by atoms with Crippen molar-refractivity contribution in [1.29, 1.82) is 0 Å². The lowest BCUT2D eigenvalue weighted by Gasteiger charge is -2.17. The first-order valence-corrected chi connectivity index (χ1v) is 4.87. The first kappa shape index (κ1) is 14.3. The maximum Gasteiger partial charge on any atom is 0.292 e. The van der Waals surface area contributed by atoms with Crippen LogP contribution in [0.1, 0.15) is 27.2 Å². The van der Waals surface area contributed by atoms with Gasteiger partial charge >= 0.3 is 0 Å². The highest BCUT2D eigenvalue weighted by Crippen LogP contribution is 2.24. The summed E-state index contributed by atoms with van der Waals surface area (Å²) in [6.07, 6.45) is 0.408. The van der Waals surface area contributed by atoms with Crippen LogP contribution in [0.25, 0.3) is 0 Å². The van der Waals surface area contributed by atoms with Crippen LogP contribution in [0.2, 0.25) is 0 Å². The zero-order valence-electron chi connectivity index (χ0n) is 9.73. The van der Waals surface area contributed by atoms with Gasteiger partial charge < -0.3 is 19.3 Å². The number of rotatable bonds is 3. The molecule has 90 valence electrons. The van der Waals surface area contributed by atoms with E-state index in [2.05, 4.69) is 4.74 Å². The number of aliphatic hydroxyl groups excluding tert-OH is 1. The molecule has 1 fully saturated rings. The maximum atomic E-state index is 9.05. The molecule has 0 spiro atoms. The number of carbonyl (C=O) groups is 1. The molecule has 0 aliphatic carbocycles. The molecule has 0 amide bonds. The van der Waals surface area contributed by atoms with Gasteiger partial charge in [-0.15, -0.1) is 0 Å². The third-order valence-electron chi connectivity index (χ3n) is 1.77. The lowest BCUT2D eigenvalue weighted by Crippen LogP contribution is -2.23. The zero-order valence-corrected chi connectivity index (χ0v) is 9.73. The molecule has 0 radical (unpaired) electrons. The molecule has 0 aromatic carbocycles. The number of carbonyl (C=O) groups excluding carboxylic acids is 1. The quantitative estimate of drug-likeness (QED) is 0.709. The van der Waals surface area contributed by atoms with E-state index in [0.29, 0.717) is 19.5 Å². The smallest absolute Gasteiger partial charge is 0.292 e. The first-order valence-electron chi connectivity index (χ1n) is 4.87. The Morgan fingerprint density at radius 2 is 2.20 bits per heavy atom. The average Bonchev–Trinajstić information content (AvgIpc) is 2.45. The molecule has 1 heterocycles. The van der Waals surface area contributed by atoms with Crippen molar-refractivity contribution < 1.29 is 24.1 Å². The Balaban J connectivity index is 0.000000423. The Kier molecular flexibility index (Phi) is 6.47. The summed E-state index contributed by atoms with van der Waals surface area (Å²) >= 11 is 0. The molecule has 2 atom stereocenters. The van der Waals surface area contributed by atoms with Crippen LogP contribution in [0.5, 0.6) is 0 Å². The van der Waals surface area contributed by atoms with E-state index >= 15 is 0 Å². The van der Waals surface area contributed by atoms with Crippen LogP contribution >= 0.6 is 0 Å². The largest absolute Gasteiger partial charge is 0.471 e. The molecule has 5 nitrogen and oxygen atoms in total. The fourth-order valence-electron chi connectivity index (χ4n) is 1.26. The topological polar surface area (TPSA) is 65.0 Å². The molecule has 0 saturated carbocycles. The van der Waals surface area contributed by atoms with Gasteiger partial charge in [-0.2, -0.15) is 0 Å². The van der Waals surface area contributed by atoms with Gasteiger partial charge in [-0.05, 0) is 20.8 Å². The van der Waals surface area contributed by atoms with Gasteiger partial charge in [0.25, 0.3) is 6.47 Å². The predicted molar refractivity (Wildman–Crippen MR) is 54.3 cm³/mol. The summed E-state index contributed by atoms with van der Waals surface area (Å²) < 4.78 is 14.7. The van der Waals surface area contributed by atoms with Crippen LogP contribution < -0.4 is 0 Å². The van der Waals surface area contributed by atoms with Gasteiger partial charge in [0, 0.05) is 6.42 Å². The number of hydrogen-bond donors (Lipinski definition) is 1. The van der Waals surface area contributed by atoms with Gasteiger partial charge in [0.05, 0.1) is 25.9 Å². The normalized spacial score (nSPS) is 25.0. The second-order valence-electron chi connectivity index (χ2n) is 3.87. The van der Waals surface area contributed by atoms with Crippen LogP contribution in [0.3, 0.4) is 0 Å². The molecule has 1 aliphatic rings. The van der Waals surface area contributed by atoms with E-state index < -0.39 is 5.79 Å². The number of hydrogen-bond acceptors (Lipinski definition) is 5. The lowest BCUT2D eigenvalue weighted by molar-refractivity contribution is -0.141. The van der Waals surface area contributed by atoms with Crippen molar-refractivity contribution in [3.05, 3.63) is 0 Å². The van der Waals surface area contributed by atoms with Crippen molar-refractivity contribution in [2.24, 2.45) is 0 Å². The fraction of sp³-hybridized carbons (Fsp3) is 0.900. The molecule has 15 heavy (non-hydrogen) atoms. The second-order valence-corrected chi connectivity index (χ2v) is 3.87. The third-order valence-corrected chi connectivity index (χ3v) is 1.77. The maximum absolute atomic E-state index is 9.05. The summed E-state index contributed by atoms with van der Waals surface area (Å²) in [5.41, 5.74) is 0. The highest BCUT2D eigenvalue weighted by atomic mass is 16.7. The Bertz CT molecular complexity index is 179. The molecule has 5 heteroatoms. The van der Waals surface area contributed by atoms with Crippen LogP contribution in [-0.2, 0) is 19.0 Å². The van der Waals surface area contributed by atoms with Gasteiger partial charge in [-0.1, -0.05) is 0 Å². The molecule has 0 bridgehead atoms. The van der Waals surface area contributed by atoms with E-state index in [4.69, 9.17) is 19.4 Å². The molecule has 1 aliphatic heterocycles. The summed E-state index contributed by atoms with van der Waals surface area (Å²) in [5, 5.41) is 9.05. The Morgan fingerprint density at radius 1 is 1.67 bits per heavy atom. The minimum atomic E-state index is -0.459. The molecular formula is C10H20O5. The van der Waals surface area contributed by atoms with Gasteiger partial charge in [0.15, 0.2) is 5.79 Å². The Morgan fingerprint density at radius 3 is 2.47 bits per heavy atom. The molecule has 2 unspecified atom stereocenters. The van der Waals surface area contributed by atoms with Crippen molar-refractivity contribution in [3.63, 3.8) is 0 Å². The summed E-state index contributed by atoms with van der Waals surface area (Å²) in [7, 11) is 1.31. The van der Waals surface area contributed by atoms with Crippen LogP contribution in [0.15, 0.2) is 0 Å². The van der Waals surface area contributed by atoms with Crippen LogP contribution in [0.4, 0.5) is 0 Å². The highest BCUT2D eigenvalue weighted by molar-refractivity contribution is 5.36. The second kappa shape index (κ2) is 6.76. The predicted octanol–water partition coefficient (Wildman–Crippen LogP) is 0.698. The van der Waals surface area contributed by atoms with E-state index in [1.54, 1.807) is 6.92 Å². The number of aliphatic hydroxyl groups is 1. The lowest BCUT2D eigenvalue weighted by atomic mass is 10.2. The van der Waals surface area contributed by atoms with E-state index in [-0.39, 0.29) is 12.2 Å². The average molecular weight is 220 g/mol. The van der Waals surface area contributed by atoms with E-state index in [0.717, 1.165) is 0 Å². The van der Waals surface area contributed by atoms with Gasteiger partial charge in [-0.3, -0.25) is 4.79 Å². The van der Waals surface area contributed by atoms with Crippen molar-refractivity contribution in [2.45, 2.75) is 45.2 Å². The minimum Gasteiger partial charge on any atom is -0.471 e. The number of methoxy groups -OCH3 is 1. The molecule has 0 aromatic rings. The van der Waals surface area contributed by atoms with Crippen molar-refractivity contribution in [1.82, 2.24) is 0 Å². The van der Waals surface area contributed by atoms with Crippen molar-refractivity contribution >= 4 is 6.47 Å². The van der Waals surface area contributed by atoms with E-state index in [9.17, 15) is 0 Å². The SMILES string of the molecule is CC(O)CC1COC(C)(C)O1.COC=O. The number of ether oxygens (including phenoxy) is 3. The first-order chi connectivity index (χ1) is 6.91. The Labute approximate surface area is 90.3 Å². The molecule has 1 N–H and O–H groups in total. The van der Waals surface area contributed by atoms with Crippen molar-refractivity contribution in [2.75, 3.05) is 13.7 Å². The monoisotopic (exact) mass is 220 g/mol. The van der Waals surface area contributed by atoms with Gasteiger partial charge in [-0.25, -0.2) is 0 Å². The minimum absolute atomic E-state index is 0.0602. The summed E-state index contributed by atoms with van der Waals surface area (Å²) in [6.45, 7) is 6.50. The molecule has 1 saturated heterocycles. The standard InChI is InChI=1S/C8H16O3.C2H4O2/c1-6(9)4-7-5-10-8(2,3)11-7;1-4-2-3/h6-7,9H,4-5H2,1-3H3;2H,1H3. The van der Waals surface area contributed by atoms with E-state index in [1.807, 2.05) is 13.8 Å². The summed E-state index contributed by atoms with van der Waals surface area (Å²) in [6, 6.07) is 0. The van der Waals surface area contributed by atoms with Gasteiger partial charge in [0.2, 0.25) is 0 Å². The fourth-order valence-corrected chi connectivity index (χ4v) is 1.26.